The monoisotopic (exact) mass is 546 g/mol. The van der Waals surface area contributed by atoms with Crippen LogP contribution in [-0.4, -0.2) is 0 Å². The van der Waals surface area contributed by atoms with Gasteiger partial charge in [0.25, 0.3) is 0 Å². The summed E-state index contributed by atoms with van der Waals surface area (Å²) in [5.74, 6) is 1.82. The van der Waals surface area contributed by atoms with Gasteiger partial charge < -0.3 is 4.74 Å². The summed E-state index contributed by atoms with van der Waals surface area (Å²) < 4.78 is 6.44. The van der Waals surface area contributed by atoms with E-state index in [1.54, 1.807) is 0 Å². The van der Waals surface area contributed by atoms with Crippen molar-refractivity contribution in [1.29, 1.82) is 0 Å². The Hall–Kier alpha value is -5.66. The number of fused-ring (bicyclic) bond motifs is 4. The van der Waals surface area contributed by atoms with E-state index in [2.05, 4.69) is 152 Å². The Morgan fingerprint density at radius 3 is 1.63 bits per heavy atom. The van der Waals surface area contributed by atoms with E-state index in [1.165, 1.54) is 71.3 Å². The molecule has 1 aliphatic heterocycles. The van der Waals surface area contributed by atoms with E-state index >= 15 is 0 Å². The number of benzene rings is 8. The van der Waals surface area contributed by atoms with E-state index in [4.69, 9.17) is 4.74 Å². The van der Waals surface area contributed by atoms with Crippen LogP contribution in [0.5, 0.6) is 11.5 Å². The Kier molecular flexibility index (Phi) is 5.27. The maximum atomic E-state index is 6.44. The van der Waals surface area contributed by atoms with Crippen LogP contribution >= 0.6 is 0 Å². The Bertz CT molecular complexity index is 2310. The van der Waals surface area contributed by atoms with Gasteiger partial charge in [0.15, 0.2) is 0 Å². The summed E-state index contributed by atoms with van der Waals surface area (Å²) >= 11 is 0. The van der Waals surface area contributed by atoms with E-state index in [1.807, 2.05) is 6.07 Å². The van der Waals surface area contributed by atoms with Crippen molar-refractivity contribution < 1.29 is 4.74 Å². The molecule has 9 rings (SSSR count). The first-order valence-corrected chi connectivity index (χ1v) is 14.8. The van der Waals surface area contributed by atoms with Crippen LogP contribution in [0.25, 0.3) is 76.8 Å². The maximum absolute atomic E-state index is 6.44. The molecule has 0 saturated carbocycles. The van der Waals surface area contributed by atoms with Crippen LogP contribution in [0.1, 0.15) is 0 Å². The standard InChI is InChI=1S/C42H26O/c1-2-12-27(13-3-1)28-14-10-15-29(26-28)40-32-17-4-6-19-34(32)41(35-20-7-5-18-33(35)40)37-24-25-39-42-31(21-11-22-36(37)42)30-16-8-9-23-38(30)43-39/h1-26H. The van der Waals surface area contributed by atoms with Gasteiger partial charge in [-0.15, -0.1) is 0 Å². The summed E-state index contributed by atoms with van der Waals surface area (Å²) in [6, 6.07) is 56.7. The van der Waals surface area contributed by atoms with Crippen LogP contribution in [0, 0.1) is 0 Å². The van der Waals surface area contributed by atoms with Crippen LogP contribution in [0.2, 0.25) is 0 Å². The minimum absolute atomic E-state index is 0.910. The van der Waals surface area contributed by atoms with Crippen molar-refractivity contribution in [2.45, 2.75) is 0 Å². The zero-order chi connectivity index (χ0) is 28.3. The fraction of sp³-hybridized carbons (Fsp3) is 0. The van der Waals surface area contributed by atoms with Crippen molar-refractivity contribution in [2.75, 3.05) is 0 Å². The molecule has 0 amide bonds. The van der Waals surface area contributed by atoms with Crippen LogP contribution in [0.15, 0.2) is 158 Å². The first-order valence-electron chi connectivity index (χ1n) is 14.8. The Morgan fingerprint density at radius 1 is 0.302 bits per heavy atom. The van der Waals surface area contributed by atoms with Crippen LogP contribution in [-0.2, 0) is 0 Å². The predicted molar refractivity (Wildman–Crippen MR) is 181 cm³/mol. The fourth-order valence-electron chi connectivity index (χ4n) is 7.01. The third-order valence-electron chi connectivity index (χ3n) is 8.86. The molecule has 0 aromatic heterocycles. The molecule has 0 aliphatic carbocycles. The van der Waals surface area contributed by atoms with Gasteiger partial charge in [0.2, 0.25) is 0 Å². The zero-order valence-corrected chi connectivity index (χ0v) is 23.4. The molecule has 0 saturated heterocycles. The molecule has 0 N–H and O–H groups in total. The molecule has 200 valence electrons. The van der Waals surface area contributed by atoms with Crippen molar-refractivity contribution in [3.63, 3.8) is 0 Å². The molecule has 8 aromatic rings. The average molecular weight is 547 g/mol. The molecule has 1 nitrogen and oxygen atoms in total. The van der Waals surface area contributed by atoms with Gasteiger partial charge in [0, 0.05) is 10.9 Å². The molecule has 1 heteroatoms. The summed E-state index contributed by atoms with van der Waals surface area (Å²) in [5, 5.41) is 7.38. The van der Waals surface area contributed by atoms with Gasteiger partial charge in [-0.3, -0.25) is 0 Å². The van der Waals surface area contributed by atoms with Gasteiger partial charge in [-0.2, -0.15) is 0 Å². The lowest BCUT2D eigenvalue weighted by Crippen LogP contribution is -1.98. The third kappa shape index (κ3) is 3.65. The molecule has 1 aliphatic rings. The lowest BCUT2D eigenvalue weighted by Gasteiger charge is -2.24. The lowest BCUT2D eigenvalue weighted by molar-refractivity contribution is 0.487. The quantitative estimate of drug-likeness (QED) is 0.200. The van der Waals surface area contributed by atoms with Crippen molar-refractivity contribution in [3.8, 4) is 56.0 Å². The van der Waals surface area contributed by atoms with Crippen LogP contribution in [0.4, 0.5) is 0 Å². The summed E-state index contributed by atoms with van der Waals surface area (Å²) in [7, 11) is 0. The molecule has 43 heavy (non-hydrogen) atoms. The smallest absolute Gasteiger partial charge is 0.135 e. The van der Waals surface area contributed by atoms with Gasteiger partial charge in [-0.05, 0) is 90.1 Å². The van der Waals surface area contributed by atoms with E-state index in [9.17, 15) is 0 Å². The van der Waals surface area contributed by atoms with Crippen molar-refractivity contribution in [2.24, 2.45) is 0 Å². The Balaban J connectivity index is 1.36. The van der Waals surface area contributed by atoms with Crippen molar-refractivity contribution in [1.82, 2.24) is 0 Å². The third-order valence-corrected chi connectivity index (χ3v) is 8.86. The van der Waals surface area contributed by atoms with Gasteiger partial charge in [0.1, 0.15) is 11.5 Å². The zero-order valence-electron chi connectivity index (χ0n) is 23.4. The predicted octanol–water partition coefficient (Wildman–Crippen LogP) is 11.9. The number of ether oxygens (including phenoxy) is 1. The molecule has 0 fully saturated rings. The second kappa shape index (κ2) is 9.44. The van der Waals surface area contributed by atoms with E-state index in [0.717, 1.165) is 17.1 Å². The Morgan fingerprint density at radius 2 is 0.860 bits per heavy atom. The van der Waals surface area contributed by atoms with Gasteiger partial charge in [0.05, 0.1) is 0 Å². The highest BCUT2D eigenvalue weighted by Crippen LogP contribution is 2.51. The van der Waals surface area contributed by atoms with Crippen molar-refractivity contribution in [3.05, 3.63) is 158 Å². The number of hydrogen-bond donors (Lipinski definition) is 0. The Labute approximate surface area is 250 Å². The molecule has 0 unspecified atom stereocenters. The second-order valence-electron chi connectivity index (χ2n) is 11.2. The second-order valence-corrected chi connectivity index (χ2v) is 11.2. The van der Waals surface area contributed by atoms with Gasteiger partial charge in [-0.1, -0.05) is 133 Å². The lowest BCUT2D eigenvalue weighted by atomic mass is 9.83. The largest absolute Gasteiger partial charge is 0.456 e. The molecule has 1 heterocycles. The topological polar surface area (TPSA) is 9.23 Å². The summed E-state index contributed by atoms with van der Waals surface area (Å²) in [6.07, 6.45) is 0. The highest BCUT2D eigenvalue weighted by molar-refractivity contribution is 6.24. The number of para-hydroxylation sites is 1. The minimum Gasteiger partial charge on any atom is -0.456 e. The molecule has 0 atom stereocenters. The molecule has 8 aromatic carbocycles. The van der Waals surface area contributed by atoms with E-state index in [-0.39, 0.29) is 0 Å². The van der Waals surface area contributed by atoms with Gasteiger partial charge >= 0.3 is 0 Å². The normalized spacial score (nSPS) is 11.9. The maximum Gasteiger partial charge on any atom is 0.135 e. The fourth-order valence-corrected chi connectivity index (χ4v) is 7.01. The molecular weight excluding hydrogens is 520 g/mol. The first-order chi connectivity index (χ1) is 21.3. The highest BCUT2D eigenvalue weighted by Gasteiger charge is 2.23. The highest BCUT2D eigenvalue weighted by atomic mass is 16.5. The van der Waals surface area contributed by atoms with E-state index < -0.39 is 0 Å². The number of rotatable bonds is 3. The number of hydrogen-bond acceptors (Lipinski definition) is 1. The summed E-state index contributed by atoms with van der Waals surface area (Å²) in [6.45, 7) is 0. The average Bonchev–Trinajstić information content (AvgIpc) is 3.08. The SMILES string of the molecule is c1ccc(-c2cccc(-c3c4ccccc4c(-c4ccc5c6c(cccc46)-c4ccccc4O5)c4ccccc34)c2)cc1. The van der Waals surface area contributed by atoms with Crippen LogP contribution in [0.3, 0.4) is 0 Å². The van der Waals surface area contributed by atoms with E-state index in [0.29, 0.717) is 0 Å². The first kappa shape index (κ1) is 24.0. The molecule has 0 radical (unpaired) electrons. The van der Waals surface area contributed by atoms with Crippen LogP contribution < -0.4 is 4.74 Å². The summed E-state index contributed by atoms with van der Waals surface area (Å²) in [5.41, 5.74) is 9.79. The minimum atomic E-state index is 0.910. The molecule has 0 bridgehead atoms. The van der Waals surface area contributed by atoms with Gasteiger partial charge in [-0.25, -0.2) is 0 Å². The summed E-state index contributed by atoms with van der Waals surface area (Å²) in [4.78, 5) is 0. The molecular formula is C42H26O. The molecule has 0 spiro atoms. The van der Waals surface area contributed by atoms with Crippen molar-refractivity contribution >= 4 is 32.3 Å².